The van der Waals surface area contributed by atoms with E-state index in [0.717, 1.165) is 22.3 Å². The summed E-state index contributed by atoms with van der Waals surface area (Å²) in [6.45, 7) is 2.40. The zero-order valence-electron chi connectivity index (χ0n) is 14.0. The van der Waals surface area contributed by atoms with E-state index in [2.05, 4.69) is 11.4 Å². The van der Waals surface area contributed by atoms with E-state index in [1.807, 2.05) is 67.6 Å². The van der Waals surface area contributed by atoms with Crippen LogP contribution in [0.3, 0.4) is 0 Å². The molecule has 0 bridgehead atoms. The van der Waals surface area contributed by atoms with Gasteiger partial charge in [-0.25, -0.2) is 0 Å². The van der Waals surface area contributed by atoms with Gasteiger partial charge in [0.15, 0.2) is 0 Å². The molecular formula is C22H18N2O. The summed E-state index contributed by atoms with van der Waals surface area (Å²) in [5.41, 5.74) is 5.38. The van der Waals surface area contributed by atoms with Crippen LogP contribution in [-0.2, 0) is 6.54 Å². The summed E-state index contributed by atoms with van der Waals surface area (Å²) in [6.07, 6.45) is 0. The second-order valence-electron chi connectivity index (χ2n) is 5.84. The fourth-order valence-electron chi connectivity index (χ4n) is 2.79. The molecule has 0 aliphatic rings. The molecule has 3 aromatic rings. The summed E-state index contributed by atoms with van der Waals surface area (Å²) in [6, 6.07) is 25.1. The Kier molecular flexibility index (Phi) is 4.92. The number of nitriles is 1. The van der Waals surface area contributed by atoms with Crippen molar-refractivity contribution in [2.45, 2.75) is 13.5 Å². The lowest BCUT2D eigenvalue weighted by Crippen LogP contribution is -2.23. The van der Waals surface area contributed by atoms with Gasteiger partial charge in [-0.1, -0.05) is 54.6 Å². The Morgan fingerprint density at radius 3 is 2.36 bits per heavy atom. The molecule has 0 aromatic heterocycles. The van der Waals surface area contributed by atoms with E-state index >= 15 is 0 Å². The van der Waals surface area contributed by atoms with Gasteiger partial charge in [0.2, 0.25) is 0 Å². The molecule has 0 radical (unpaired) electrons. The van der Waals surface area contributed by atoms with Crippen LogP contribution in [0.1, 0.15) is 27.0 Å². The van der Waals surface area contributed by atoms with Gasteiger partial charge < -0.3 is 5.32 Å². The third kappa shape index (κ3) is 3.76. The van der Waals surface area contributed by atoms with E-state index in [4.69, 9.17) is 5.26 Å². The Labute approximate surface area is 147 Å². The predicted octanol–water partition coefficient (Wildman–Crippen LogP) is 4.46. The van der Waals surface area contributed by atoms with E-state index in [0.29, 0.717) is 17.7 Å². The molecule has 3 aromatic carbocycles. The summed E-state index contributed by atoms with van der Waals surface area (Å²) >= 11 is 0. The fourth-order valence-corrected chi connectivity index (χ4v) is 2.79. The first-order valence-electron chi connectivity index (χ1n) is 8.11. The standard InChI is InChI=1S/C22H18N2O/c1-16-20(19-6-3-2-4-7-19)8-5-9-21(16)22(25)24-15-18-12-10-17(14-23)11-13-18/h2-13H,15H2,1H3,(H,24,25). The molecule has 0 spiro atoms. The highest BCUT2D eigenvalue weighted by Gasteiger charge is 2.12. The zero-order valence-corrected chi connectivity index (χ0v) is 14.0. The van der Waals surface area contributed by atoms with Gasteiger partial charge in [-0.15, -0.1) is 0 Å². The van der Waals surface area contributed by atoms with Crippen molar-refractivity contribution in [3.8, 4) is 17.2 Å². The number of benzene rings is 3. The number of amides is 1. The number of hydrogen-bond donors (Lipinski definition) is 1. The second kappa shape index (κ2) is 7.46. The third-order valence-corrected chi connectivity index (χ3v) is 4.20. The molecule has 1 N–H and O–H groups in total. The molecule has 1 amide bonds. The van der Waals surface area contributed by atoms with Crippen LogP contribution < -0.4 is 5.32 Å². The minimum Gasteiger partial charge on any atom is -0.348 e. The molecule has 3 heteroatoms. The largest absolute Gasteiger partial charge is 0.348 e. The smallest absolute Gasteiger partial charge is 0.251 e. The van der Waals surface area contributed by atoms with Gasteiger partial charge >= 0.3 is 0 Å². The van der Waals surface area contributed by atoms with Crippen LogP contribution in [0.25, 0.3) is 11.1 Å². The number of rotatable bonds is 4. The van der Waals surface area contributed by atoms with Crippen LogP contribution in [0.4, 0.5) is 0 Å². The Morgan fingerprint density at radius 1 is 0.960 bits per heavy atom. The first kappa shape index (κ1) is 16.5. The molecule has 0 atom stereocenters. The summed E-state index contributed by atoms with van der Waals surface area (Å²) in [4.78, 5) is 12.6. The molecule has 0 aliphatic carbocycles. The molecule has 0 heterocycles. The molecule has 0 fully saturated rings. The average Bonchev–Trinajstić information content (AvgIpc) is 2.67. The second-order valence-corrected chi connectivity index (χ2v) is 5.84. The first-order valence-corrected chi connectivity index (χ1v) is 8.11. The summed E-state index contributed by atoms with van der Waals surface area (Å²) in [7, 11) is 0. The maximum absolute atomic E-state index is 12.6. The first-order chi connectivity index (χ1) is 12.2. The number of nitrogens with one attached hydrogen (secondary N) is 1. The monoisotopic (exact) mass is 326 g/mol. The Bertz CT molecular complexity index is 922. The van der Waals surface area contributed by atoms with Crippen molar-refractivity contribution >= 4 is 5.91 Å². The van der Waals surface area contributed by atoms with Crippen LogP contribution in [0.15, 0.2) is 72.8 Å². The molecule has 3 rings (SSSR count). The van der Waals surface area contributed by atoms with Gasteiger partial charge in [0.1, 0.15) is 0 Å². The zero-order chi connectivity index (χ0) is 17.6. The van der Waals surface area contributed by atoms with Crippen molar-refractivity contribution in [1.82, 2.24) is 5.32 Å². The highest BCUT2D eigenvalue weighted by Crippen LogP contribution is 2.25. The maximum atomic E-state index is 12.6. The third-order valence-electron chi connectivity index (χ3n) is 4.20. The SMILES string of the molecule is Cc1c(C(=O)NCc2ccc(C#N)cc2)cccc1-c1ccccc1. The minimum atomic E-state index is -0.0976. The lowest BCUT2D eigenvalue weighted by molar-refractivity contribution is 0.0950. The van der Waals surface area contributed by atoms with Crippen molar-refractivity contribution in [1.29, 1.82) is 5.26 Å². The summed E-state index contributed by atoms with van der Waals surface area (Å²) in [5.74, 6) is -0.0976. The van der Waals surface area contributed by atoms with Crippen molar-refractivity contribution in [2.24, 2.45) is 0 Å². The lowest BCUT2D eigenvalue weighted by Gasteiger charge is -2.12. The Balaban J connectivity index is 1.77. The van der Waals surface area contributed by atoms with E-state index < -0.39 is 0 Å². The number of carbonyl (C=O) groups is 1. The quantitative estimate of drug-likeness (QED) is 0.769. The van der Waals surface area contributed by atoms with Crippen LogP contribution in [0, 0.1) is 18.3 Å². The van der Waals surface area contributed by atoms with Crippen molar-refractivity contribution in [3.63, 3.8) is 0 Å². The maximum Gasteiger partial charge on any atom is 0.251 e. The Morgan fingerprint density at radius 2 is 1.68 bits per heavy atom. The highest BCUT2D eigenvalue weighted by molar-refractivity contribution is 5.97. The normalized spacial score (nSPS) is 10.1. The van der Waals surface area contributed by atoms with Crippen LogP contribution in [0.2, 0.25) is 0 Å². The molecule has 3 nitrogen and oxygen atoms in total. The predicted molar refractivity (Wildman–Crippen MR) is 98.9 cm³/mol. The van der Waals surface area contributed by atoms with Crippen LogP contribution in [-0.4, -0.2) is 5.91 Å². The van der Waals surface area contributed by atoms with Crippen LogP contribution in [0.5, 0.6) is 0 Å². The highest BCUT2D eigenvalue weighted by atomic mass is 16.1. The van der Waals surface area contributed by atoms with Crippen molar-refractivity contribution in [2.75, 3.05) is 0 Å². The number of nitrogens with zero attached hydrogens (tertiary/aromatic N) is 1. The van der Waals surface area contributed by atoms with Gasteiger partial charge in [0.25, 0.3) is 5.91 Å². The van der Waals surface area contributed by atoms with Crippen molar-refractivity contribution < 1.29 is 4.79 Å². The van der Waals surface area contributed by atoms with Crippen LogP contribution >= 0.6 is 0 Å². The van der Waals surface area contributed by atoms with E-state index in [1.54, 1.807) is 12.1 Å². The topological polar surface area (TPSA) is 52.9 Å². The Hall–Kier alpha value is -3.38. The average molecular weight is 326 g/mol. The molecule has 0 unspecified atom stereocenters. The van der Waals surface area contributed by atoms with Crippen molar-refractivity contribution in [3.05, 3.63) is 95.1 Å². The minimum absolute atomic E-state index is 0.0976. The molecule has 25 heavy (non-hydrogen) atoms. The summed E-state index contributed by atoms with van der Waals surface area (Å²) in [5, 5.41) is 11.8. The molecular weight excluding hydrogens is 308 g/mol. The molecule has 0 aliphatic heterocycles. The van der Waals surface area contributed by atoms with Gasteiger partial charge in [-0.05, 0) is 47.4 Å². The molecule has 122 valence electrons. The molecule has 0 saturated heterocycles. The van der Waals surface area contributed by atoms with Gasteiger partial charge in [-0.3, -0.25) is 4.79 Å². The van der Waals surface area contributed by atoms with Gasteiger partial charge in [0, 0.05) is 12.1 Å². The lowest BCUT2D eigenvalue weighted by atomic mass is 9.96. The van der Waals surface area contributed by atoms with Gasteiger partial charge in [0.05, 0.1) is 11.6 Å². The number of hydrogen-bond acceptors (Lipinski definition) is 2. The van der Waals surface area contributed by atoms with E-state index in [9.17, 15) is 4.79 Å². The van der Waals surface area contributed by atoms with E-state index in [1.165, 1.54) is 0 Å². The fraction of sp³-hybridized carbons (Fsp3) is 0.0909. The summed E-state index contributed by atoms with van der Waals surface area (Å²) < 4.78 is 0. The molecule has 0 saturated carbocycles. The van der Waals surface area contributed by atoms with Gasteiger partial charge in [-0.2, -0.15) is 5.26 Å². The van der Waals surface area contributed by atoms with E-state index in [-0.39, 0.29) is 5.91 Å². The number of carbonyl (C=O) groups excluding carboxylic acids is 1.